The molecule has 136 valence electrons. The van der Waals surface area contributed by atoms with Crippen LogP contribution in [0.5, 0.6) is 0 Å². The van der Waals surface area contributed by atoms with Crippen molar-refractivity contribution >= 4 is 7.60 Å². The van der Waals surface area contributed by atoms with E-state index in [-0.39, 0.29) is 13.3 Å². The smallest absolute Gasteiger partial charge is 0.330 e. The van der Waals surface area contributed by atoms with Crippen molar-refractivity contribution in [2.75, 3.05) is 27.1 Å². The molecule has 5 atom stereocenters. The van der Waals surface area contributed by atoms with Crippen LogP contribution in [0.15, 0.2) is 21.9 Å². The van der Waals surface area contributed by atoms with Gasteiger partial charge in [0.15, 0.2) is 6.23 Å². The standard InChI is InChI=1S/C12H20N3O8P/c1-20-10-9(21-6-13)7(5-22-24(2,18)19)23-11(10)15-4-3-8(16)14-12(15)17/h3-4,7,9-11H,5-6,13H2,1-2H3,(H,18,19)(H,14,16,17)/t7-,9?,10?,11-/m1/s1. The predicted octanol–water partition coefficient (Wildman–Crippen LogP) is -1.42. The Morgan fingerprint density at radius 2 is 2.17 bits per heavy atom. The largest absolute Gasteiger partial charge is 0.374 e. The van der Waals surface area contributed by atoms with Crippen LogP contribution < -0.4 is 17.0 Å². The summed E-state index contributed by atoms with van der Waals surface area (Å²) in [7, 11) is -2.33. The van der Waals surface area contributed by atoms with E-state index in [2.05, 4.69) is 4.98 Å². The molecule has 1 saturated heterocycles. The number of aromatic nitrogens is 2. The lowest BCUT2D eigenvalue weighted by molar-refractivity contribution is -0.0612. The molecular weight excluding hydrogens is 345 g/mol. The van der Waals surface area contributed by atoms with E-state index in [1.165, 1.54) is 13.3 Å². The summed E-state index contributed by atoms with van der Waals surface area (Å²) in [4.78, 5) is 34.5. The number of hydrogen-bond donors (Lipinski definition) is 3. The van der Waals surface area contributed by atoms with E-state index >= 15 is 0 Å². The molecule has 1 aliphatic rings. The molecule has 24 heavy (non-hydrogen) atoms. The van der Waals surface area contributed by atoms with Crippen molar-refractivity contribution in [3.05, 3.63) is 33.1 Å². The zero-order valence-corrected chi connectivity index (χ0v) is 14.0. The maximum atomic E-state index is 12.0. The minimum absolute atomic E-state index is 0.152. The van der Waals surface area contributed by atoms with Gasteiger partial charge < -0.3 is 29.4 Å². The van der Waals surface area contributed by atoms with Gasteiger partial charge in [-0.15, -0.1) is 0 Å². The third-order valence-electron chi connectivity index (χ3n) is 3.45. The van der Waals surface area contributed by atoms with Gasteiger partial charge in [0.2, 0.25) is 0 Å². The van der Waals surface area contributed by atoms with Gasteiger partial charge in [0.1, 0.15) is 18.3 Å². The number of hydrogen-bond acceptors (Lipinski definition) is 8. The Morgan fingerprint density at radius 1 is 1.46 bits per heavy atom. The Kier molecular flexibility index (Phi) is 6.10. The predicted molar refractivity (Wildman–Crippen MR) is 81.7 cm³/mol. The van der Waals surface area contributed by atoms with E-state index in [9.17, 15) is 19.0 Å². The zero-order chi connectivity index (χ0) is 17.9. The van der Waals surface area contributed by atoms with Crippen molar-refractivity contribution in [3.63, 3.8) is 0 Å². The van der Waals surface area contributed by atoms with Gasteiger partial charge in [0, 0.05) is 26.0 Å². The summed E-state index contributed by atoms with van der Waals surface area (Å²) in [6, 6.07) is 1.16. The van der Waals surface area contributed by atoms with Gasteiger partial charge in [-0.2, -0.15) is 0 Å². The second-order valence-electron chi connectivity index (χ2n) is 5.18. The first kappa shape index (κ1) is 19.0. The van der Waals surface area contributed by atoms with Crippen LogP contribution in [0.1, 0.15) is 6.23 Å². The summed E-state index contributed by atoms with van der Waals surface area (Å²) in [5, 5.41) is 0. The van der Waals surface area contributed by atoms with Crippen molar-refractivity contribution in [3.8, 4) is 0 Å². The molecule has 1 aromatic heterocycles. The van der Waals surface area contributed by atoms with Gasteiger partial charge in [-0.05, 0) is 0 Å². The summed E-state index contributed by atoms with van der Waals surface area (Å²) < 4.78 is 33.8. The van der Waals surface area contributed by atoms with Crippen LogP contribution in [0.4, 0.5) is 0 Å². The van der Waals surface area contributed by atoms with E-state index in [0.29, 0.717) is 0 Å². The van der Waals surface area contributed by atoms with Crippen LogP contribution in [0, 0.1) is 0 Å². The minimum atomic E-state index is -3.72. The highest BCUT2D eigenvalue weighted by atomic mass is 31.2. The summed E-state index contributed by atoms with van der Waals surface area (Å²) in [6.07, 6.45) is -1.96. The number of rotatable bonds is 7. The number of nitrogens with zero attached hydrogens (tertiary/aromatic N) is 1. The molecule has 11 nitrogen and oxygen atoms in total. The lowest BCUT2D eigenvalue weighted by Crippen LogP contribution is -2.41. The van der Waals surface area contributed by atoms with E-state index in [1.807, 2.05) is 0 Å². The topological polar surface area (TPSA) is 155 Å². The van der Waals surface area contributed by atoms with E-state index in [0.717, 1.165) is 17.3 Å². The molecule has 0 aliphatic carbocycles. The fraction of sp³-hybridized carbons (Fsp3) is 0.667. The Bertz CT molecular complexity index is 713. The van der Waals surface area contributed by atoms with Gasteiger partial charge in [-0.3, -0.25) is 18.9 Å². The lowest BCUT2D eigenvalue weighted by Gasteiger charge is -2.23. The van der Waals surface area contributed by atoms with Crippen LogP contribution >= 0.6 is 7.60 Å². The maximum absolute atomic E-state index is 12.0. The van der Waals surface area contributed by atoms with Crippen molar-refractivity contribution in [2.24, 2.45) is 5.73 Å². The minimum Gasteiger partial charge on any atom is -0.374 e. The summed E-state index contributed by atoms with van der Waals surface area (Å²) in [5.74, 6) is 0. The van der Waals surface area contributed by atoms with Gasteiger partial charge in [0.05, 0.1) is 13.3 Å². The second kappa shape index (κ2) is 7.70. The van der Waals surface area contributed by atoms with Crippen molar-refractivity contribution < 1.29 is 28.2 Å². The number of aromatic amines is 1. The fourth-order valence-electron chi connectivity index (χ4n) is 2.47. The molecule has 2 rings (SSSR count). The van der Waals surface area contributed by atoms with Gasteiger partial charge in [-0.25, -0.2) is 4.79 Å². The molecule has 0 aromatic carbocycles. The average Bonchev–Trinajstić information content (AvgIpc) is 2.82. The quantitative estimate of drug-likeness (QED) is 0.390. The molecule has 0 spiro atoms. The van der Waals surface area contributed by atoms with Crippen LogP contribution in [-0.4, -0.2) is 59.9 Å². The second-order valence-corrected chi connectivity index (χ2v) is 7.04. The Balaban J connectivity index is 2.29. The number of nitrogens with one attached hydrogen (secondary N) is 1. The highest BCUT2D eigenvalue weighted by Crippen LogP contribution is 2.39. The highest BCUT2D eigenvalue weighted by molar-refractivity contribution is 7.51. The number of H-pyrrole nitrogens is 1. The third kappa shape index (κ3) is 4.39. The van der Waals surface area contributed by atoms with Crippen LogP contribution in [0.2, 0.25) is 0 Å². The zero-order valence-electron chi connectivity index (χ0n) is 13.2. The molecule has 4 N–H and O–H groups in total. The van der Waals surface area contributed by atoms with Crippen molar-refractivity contribution in [2.45, 2.75) is 24.5 Å². The van der Waals surface area contributed by atoms with E-state index < -0.39 is 43.4 Å². The molecule has 0 saturated carbocycles. The number of nitrogens with two attached hydrogens (primary N) is 1. The van der Waals surface area contributed by atoms with Crippen LogP contribution in [0.3, 0.4) is 0 Å². The molecule has 0 bridgehead atoms. The highest BCUT2D eigenvalue weighted by Gasteiger charge is 2.47. The Hall–Kier alpha value is -1.33. The molecule has 1 fully saturated rings. The van der Waals surface area contributed by atoms with Gasteiger partial charge in [0.25, 0.3) is 5.56 Å². The monoisotopic (exact) mass is 365 g/mol. The molecule has 0 radical (unpaired) electrons. The first-order chi connectivity index (χ1) is 11.3. The number of ether oxygens (including phenoxy) is 3. The fourth-order valence-corrected chi connectivity index (χ4v) is 2.89. The van der Waals surface area contributed by atoms with Crippen molar-refractivity contribution in [1.29, 1.82) is 0 Å². The van der Waals surface area contributed by atoms with E-state index in [1.54, 1.807) is 0 Å². The van der Waals surface area contributed by atoms with E-state index in [4.69, 9.17) is 24.5 Å². The first-order valence-electron chi connectivity index (χ1n) is 7.03. The molecule has 3 unspecified atom stereocenters. The maximum Gasteiger partial charge on any atom is 0.330 e. The third-order valence-corrected chi connectivity index (χ3v) is 4.08. The summed E-state index contributed by atoms with van der Waals surface area (Å²) in [5.41, 5.74) is 4.17. The molecule has 1 aliphatic heterocycles. The average molecular weight is 365 g/mol. The van der Waals surface area contributed by atoms with Crippen LogP contribution in [-0.2, 0) is 23.3 Å². The van der Waals surface area contributed by atoms with Gasteiger partial charge >= 0.3 is 13.3 Å². The lowest BCUT2D eigenvalue weighted by atomic mass is 10.1. The Morgan fingerprint density at radius 3 is 2.71 bits per heavy atom. The van der Waals surface area contributed by atoms with Crippen molar-refractivity contribution in [1.82, 2.24) is 9.55 Å². The number of methoxy groups -OCH3 is 1. The SMILES string of the molecule is COC1C(OCN)[C@@H](COP(C)(=O)O)O[C@H]1n1ccc(=O)[nH]c1=O. The van der Waals surface area contributed by atoms with Crippen LogP contribution in [0.25, 0.3) is 0 Å². The normalized spacial score (nSPS) is 29.5. The summed E-state index contributed by atoms with van der Waals surface area (Å²) in [6.45, 7) is 0.627. The molecule has 1 aromatic rings. The Labute approximate surface area is 136 Å². The van der Waals surface area contributed by atoms with Gasteiger partial charge in [-0.1, -0.05) is 0 Å². The molecule has 2 heterocycles. The molecule has 12 heteroatoms. The first-order valence-corrected chi connectivity index (χ1v) is 9.05. The summed E-state index contributed by atoms with van der Waals surface area (Å²) >= 11 is 0. The molecular formula is C12H20N3O8P. The molecule has 0 amide bonds.